The van der Waals surface area contributed by atoms with Gasteiger partial charge in [0.15, 0.2) is 0 Å². The van der Waals surface area contributed by atoms with Gasteiger partial charge < -0.3 is 14.9 Å². The van der Waals surface area contributed by atoms with Crippen molar-refractivity contribution in [2.45, 2.75) is 6.42 Å². The Balaban J connectivity index is 3.25. The van der Waals surface area contributed by atoms with Crippen LogP contribution in [0.5, 0.6) is 0 Å². The zero-order valence-electron chi connectivity index (χ0n) is 6.25. The van der Waals surface area contributed by atoms with Crippen LogP contribution in [-0.4, -0.2) is 36.0 Å². The summed E-state index contributed by atoms with van der Waals surface area (Å²) in [6, 6.07) is 0. The molecule has 0 spiro atoms. The average Bonchev–Trinajstić information content (AvgIpc) is 1.97. The molecule has 0 aliphatic rings. The summed E-state index contributed by atoms with van der Waals surface area (Å²) in [6.07, 6.45) is 0.521. The molecule has 0 saturated heterocycles. The molecule has 0 aromatic rings. The van der Waals surface area contributed by atoms with Crippen molar-refractivity contribution in [2.24, 2.45) is 0 Å². The van der Waals surface area contributed by atoms with E-state index in [1.54, 1.807) is 0 Å². The number of carboxylic acid groups (broad SMARTS) is 1. The molecule has 0 aliphatic heterocycles. The van der Waals surface area contributed by atoms with Gasteiger partial charge in [-0.05, 0) is 6.42 Å². The van der Waals surface area contributed by atoms with Gasteiger partial charge in [-0.25, -0.2) is 4.79 Å². The first kappa shape index (κ1) is 10.1. The standard InChI is InChI=1S/C7H12O4/c1-6(7(9)10)5-11-4-2-3-8/h8H,1-5H2,(H,9,10). The predicted molar refractivity (Wildman–Crippen MR) is 39.3 cm³/mol. The number of ether oxygens (including phenoxy) is 1. The number of carboxylic acids is 1. The number of carbonyl (C=O) groups is 1. The van der Waals surface area contributed by atoms with E-state index in [2.05, 4.69) is 6.58 Å². The minimum atomic E-state index is -1.05. The van der Waals surface area contributed by atoms with E-state index in [9.17, 15) is 4.79 Å². The average molecular weight is 160 g/mol. The monoisotopic (exact) mass is 160 g/mol. The summed E-state index contributed by atoms with van der Waals surface area (Å²) in [6.45, 7) is 3.71. The number of aliphatic hydroxyl groups is 1. The van der Waals surface area contributed by atoms with Crippen molar-refractivity contribution >= 4 is 5.97 Å². The van der Waals surface area contributed by atoms with Crippen LogP contribution in [0.1, 0.15) is 6.42 Å². The van der Waals surface area contributed by atoms with Gasteiger partial charge in [-0.1, -0.05) is 6.58 Å². The summed E-state index contributed by atoms with van der Waals surface area (Å²) in [4.78, 5) is 10.1. The number of aliphatic hydroxyl groups excluding tert-OH is 1. The van der Waals surface area contributed by atoms with Crippen molar-refractivity contribution in [3.63, 3.8) is 0 Å². The van der Waals surface area contributed by atoms with Crippen molar-refractivity contribution in [3.8, 4) is 0 Å². The maximum absolute atomic E-state index is 10.1. The topological polar surface area (TPSA) is 66.8 Å². The van der Waals surface area contributed by atoms with E-state index in [1.807, 2.05) is 0 Å². The second-order valence-corrected chi connectivity index (χ2v) is 2.04. The minimum Gasteiger partial charge on any atom is -0.478 e. The van der Waals surface area contributed by atoms with Crippen LogP contribution in [0.4, 0.5) is 0 Å². The van der Waals surface area contributed by atoms with Gasteiger partial charge >= 0.3 is 5.97 Å². The zero-order chi connectivity index (χ0) is 8.69. The first-order valence-corrected chi connectivity index (χ1v) is 3.28. The smallest absolute Gasteiger partial charge is 0.333 e. The fourth-order valence-electron chi connectivity index (χ4n) is 0.424. The van der Waals surface area contributed by atoms with Crippen molar-refractivity contribution < 1.29 is 19.7 Å². The molecule has 2 N–H and O–H groups in total. The summed E-state index contributed by atoms with van der Waals surface area (Å²) >= 11 is 0. The molecule has 0 heterocycles. The van der Waals surface area contributed by atoms with E-state index in [1.165, 1.54) is 0 Å². The normalized spacial score (nSPS) is 9.55. The lowest BCUT2D eigenvalue weighted by atomic mass is 10.3. The first-order chi connectivity index (χ1) is 5.18. The molecule has 64 valence electrons. The zero-order valence-corrected chi connectivity index (χ0v) is 6.25. The molecule has 11 heavy (non-hydrogen) atoms. The Morgan fingerprint density at radius 2 is 2.18 bits per heavy atom. The molecule has 0 fully saturated rings. The van der Waals surface area contributed by atoms with Crippen LogP contribution in [0.3, 0.4) is 0 Å². The van der Waals surface area contributed by atoms with Crippen LogP contribution < -0.4 is 0 Å². The van der Waals surface area contributed by atoms with Crippen molar-refractivity contribution in [1.82, 2.24) is 0 Å². The predicted octanol–water partition coefficient (Wildman–Crippen LogP) is 0.0262. The molecule has 0 radical (unpaired) electrons. The fraction of sp³-hybridized carbons (Fsp3) is 0.571. The highest BCUT2D eigenvalue weighted by atomic mass is 16.5. The third kappa shape index (κ3) is 5.57. The Bertz CT molecular complexity index is 141. The summed E-state index contributed by atoms with van der Waals surface area (Å²) in [5.74, 6) is -1.05. The van der Waals surface area contributed by atoms with E-state index in [-0.39, 0.29) is 18.8 Å². The van der Waals surface area contributed by atoms with Crippen LogP contribution in [0.25, 0.3) is 0 Å². The number of rotatable bonds is 6. The van der Waals surface area contributed by atoms with Crippen molar-refractivity contribution in [1.29, 1.82) is 0 Å². The molecule has 4 nitrogen and oxygen atoms in total. The number of hydrogen-bond acceptors (Lipinski definition) is 3. The van der Waals surface area contributed by atoms with Crippen LogP contribution >= 0.6 is 0 Å². The van der Waals surface area contributed by atoms with Gasteiger partial charge in [0, 0.05) is 13.2 Å². The van der Waals surface area contributed by atoms with Crippen molar-refractivity contribution in [2.75, 3.05) is 19.8 Å². The van der Waals surface area contributed by atoms with Gasteiger partial charge in [0.25, 0.3) is 0 Å². The molecule has 0 aromatic heterocycles. The molecule has 0 unspecified atom stereocenters. The van der Waals surface area contributed by atoms with Crippen LogP contribution in [0, 0.1) is 0 Å². The van der Waals surface area contributed by atoms with Gasteiger partial charge in [0.2, 0.25) is 0 Å². The molecule has 0 rings (SSSR count). The molecule has 0 aromatic carbocycles. The highest BCUT2D eigenvalue weighted by molar-refractivity contribution is 5.85. The van der Waals surface area contributed by atoms with Crippen LogP contribution in [-0.2, 0) is 9.53 Å². The molecular weight excluding hydrogens is 148 g/mol. The third-order valence-corrected chi connectivity index (χ3v) is 1.03. The Kier molecular flexibility index (Phi) is 5.42. The summed E-state index contributed by atoms with van der Waals surface area (Å²) < 4.78 is 4.86. The summed E-state index contributed by atoms with van der Waals surface area (Å²) in [5, 5.41) is 16.6. The Labute approximate surface area is 65.1 Å². The largest absolute Gasteiger partial charge is 0.478 e. The fourth-order valence-corrected chi connectivity index (χ4v) is 0.424. The lowest BCUT2D eigenvalue weighted by molar-refractivity contribution is -0.133. The Morgan fingerprint density at radius 3 is 2.64 bits per heavy atom. The van der Waals surface area contributed by atoms with Crippen molar-refractivity contribution in [3.05, 3.63) is 12.2 Å². The Morgan fingerprint density at radius 1 is 1.55 bits per heavy atom. The molecule has 0 amide bonds. The maximum Gasteiger partial charge on any atom is 0.333 e. The summed E-state index contributed by atoms with van der Waals surface area (Å²) in [5.41, 5.74) is 0.0305. The van der Waals surface area contributed by atoms with Gasteiger partial charge in [0.1, 0.15) is 0 Å². The molecule has 0 atom stereocenters. The number of aliphatic carboxylic acids is 1. The van der Waals surface area contributed by atoms with Crippen LogP contribution in [0.15, 0.2) is 12.2 Å². The first-order valence-electron chi connectivity index (χ1n) is 3.28. The van der Waals surface area contributed by atoms with E-state index >= 15 is 0 Å². The van der Waals surface area contributed by atoms with Gasteiger partial charge in [-0.3, -0.25) is 0 Å². The third-order valence-electron chi connectivity index (χ3n) is 1.03. The minimum absolute atomic E-state index is 0.0231. The van der Waals surface area contributed by atoms with E-state index < -0.39 is 5.97 Å². The molecule has 4 heteroatoms. The van der Waals surface area contributed by atoms with Crippen LogP contribution in [0.2, 0.25) is 0 Å². The highest BCUT2D eigenvalue weighted by Crippen LogP contribution is 1.91. The van der Waals surface area contributed by atoms with E-state index in [0.29, 0.717) is 13.0 Å². The van der Waals surface area contributed by atoms with Gasteiger partial charge in [0.05, 0.1) is 12.2 Å². The summed E-state index contributed by atoms with van der Waals surface area (Å²) in [7, 11) is 0. The molecule has 0 saturated carbocycles. The number of hydrogen-bond donors (Lipinski definition) is 2. The molecular formula is C7H12O4. The van der Waals surface area contributed by atoms with E-state index in [0.717, 1.165) is 0 Å². The maximum atomic E-state index is 10.1. The SMILES string of the molecule is C=C(COCCCO)C(=O)O. The van der Waals surface area contributed by atoms with Gasteiger partial charge in [-0.15, -0.1) is 0 Å². The van der Waals surface area contributed by atoms with Gasteiger partial charge in [-0.2, -0.15) is 0 Å². The second kappa shape index (κ2) is 5.88. The quantitative estimate of drug-likeness (QED) is 0.425. The molecule has 0 bridgehead atoms. The highest BCUT2D eigenvalue weighted by Gasteiger charge is 2.02. The van der Waals surface area contributed by atoms with E-state index in [4.69, 9.17) is 14.9 Å². The lowest BCUT2D eigenvalue weighted by Gasteiger charge is -2.01. The Hall–Kier alpha value is -0.870. The second-order valence-electron chi connectivity index (χ2n) is 2.04. The molecule has 0 aliphatic carbocycles. The lowest BCUT2D eigenvalue weighted by Crippen LogP contribution is -2.08.